The van der Waals surface area contributed by atoms with E-state index in [0.717, 1.165) is 38.8 Å². The fourth-order valence-corrected chi connectivity index (χ4v) is 3.30. The minimum absolute atomic E-state index is 0.965. The van der Waals surface area contributed by atoms with Gasteiger partial charge in [-0.05, 0) is 18.2 Å². The molecule has 2 heterocycles. The maximum atomic E-state index is 4.96. The summed E-state index contributed by atoms with van der Waals surface area (Å²) in [6.07, 6.45) is 1.94. The van der Waals surface area contributed by atoms with E-state index in [9.17, 15) is 0 Å². The molecule has 0 aliphatic heterocycles. The highest BCUT2D eigenvalue weighted by Crippen LogP contribution is 2.33. The van der Waals surface area contributed by atoms with Crippen molar-refractivity contribution >= 4 is 21.8 Å². The predicted molar refractivity (Wildman–Crippen MR) is 102 cm³/mol. The molecule has 0 spiro atoms. The lowest BCUT2D eigenvalue weighted by atomic mass is 10.1. The van der Waals surface area contributed by atoms with Gasteiger partial charge in [0.05, 0.1) is 16.9 Å². The van der Waals surface area contributed by atoms with Crippen LogP contribution in [-0.2, 0) is 0 Å². The van der Waals surface area contributed by atoms with Crippen LogP contribution < -0.4 is 0 Å². The Bertz CT molecular complexity index is 1180. The van der Waals surface area contributed by atoms with Crippen molar-refractivity contribution in [1.29, 1.82) is 0 Å². The summed E-state index contributed by atoms with van der Waals surface area (Å²) in [5.74, 6) is 0. The van der Waals surface area contributed by atoms with Gasteiger partial charge in [-0.3, -0.25) is 4.98 Å². The molecule has 118 valence electrons. The Balaban J connectivity index is 1.93. The van der Waals surface area contributed by atoms with Gasteiger partial charge in [-0.25, -0.2) is 4.68 Å². The summed E-state index contributed by atoms with van der Waals surface area (Å²) >= 11 is 0. The molecule has 3 nitrogen and oxygen atoms in total. The lowest BCUT2D eigenvalue weighted by Gasteiger charge is -2.07. The van der Waals surface area contributed by atoms with Gasteiger partial charge >= 0.3 is 0 Å². The third-order valence-electron chi connectivity index (χ3n) is 4.46. The molecule has 0 radical (unpaired) electrons. The molecule has 3 heteroatoms. The summed E-state index contributed by atoms with van der Waals surface area (Å²) in [6.45, 7) is 0. The zero-order valence-electron chi connectivity index (χ0n) is 13.5. The largest absolute Gasteiger partial charge is 0.255 e. The number of nitrogens with zero attached hydrogens (tertiary/aromatic N) is 3. The SMILES string of the molecule is c1ccc(-c2c3cnc4ccccc4c3nn2-c2ccccc2)cc1. The van der Waals surface area contributed by atoms with Gasteiger partial charge < -0.3 is 0 Å². The molecule has 0 saturated heterocycles. The van der Waals surface area contributed by atoms with Crippen LogP contribution in [0.4, 0.5) is 0 Å². The molecule has 0 amide bonds. The van der Waals surface area contributed by atoms with E-state index in [2.05, 4.69) is 47.4 Å². The van der Waals surface area contributed by atoms with Crippen LogP contribution >= 0.6 is 0 Å². The third-order valence-corrected chi connectivity index (χ3v) is 4.46. The number of aromatic nitrogens is 3. The first-order valence-electron chi connectivity index (χ1n) is 8.29. The van der Waals surface area contributed by atoms with Crippen LogP contribution in [0.25, 0.3) is 38.8 Å². The monoisotopic (exact) mass is 321 g/mol. The molecule has 0 fully saturated rings. The van der Waals surface area contributed by atoms with Crippen molar-refractivity contribution in [2.45, 2.75) is 0 Å². The fourth-order valence-electron chi connectivity index (χ4n) is 3.30. The van der Waals surface area contributed by atoms with Crippen molar-refractivity contribution in [3.8, 4) is 16.9 Å². The van der Waals surface area contributed by atoms with Crippen LogP contribution in [0.1, 0.15) is 0 Å². The number of benzene rings is 3. The molecule has 0 aliphatic carbocycles. The lowest BCUT2D eigenvalue weighted by molar-refractivity contribution is 0.905. The maximum absolute atomic E-state index is 4.96. The van der Waals surface area contributed by atoms with E-state index in [1.54, 1.807) is 0 Å². The third kappa shape index (κ3) is 2.21. The topological polar surface area (TPSA) is 30.7 Å². The van der Waals surface area contributed by atoms with Gasteiger partial charge in [-0.1, -0.05) is 66.7 Å². The molecule has 0 atom stereocenters. The Hall–Kier alpha value is -3.46. The average Bonchev–Trinajstić information content (AvgIpc) is 3.09. The smallest absolute Gasteiger partial charge is 0.104 e. The van der Waals surface area contributed by atoms with E-state index in [-0.39, 0.29) is 0 Å². The quantitative estimate of drug-likeness (QED) is 0.445. The van der Waals surface area contributed by atoms with Crippen molar-refractivity contribution in [3.05, 3.63) is 91.1 Å². The van der Waals surface area contributed by atoms with Crippen LogP contribution in [0.2, 0.25) is 0 Å². The van der Waals surface area contributed by atoms with Crippen LogP contribution in [0.15, 0.2) is 91.1 Å². The molecule has 0 N–H and O–H groups in total. The summed E-state index contributed by atoms with van der Waals surface area (Å²) in [6, 6.07) is 28.8. The van der Waals surface area contributed by atoms with Crippen LogP contribution in [0.3, 0.4) is 0 Å². The number of para-hydroxylation sites is 2. The highest BCUT2D eigenvalue weighted by atomic mass is 15.3. The summed E-state index contributed by atoms with van der Waals surface area (Å²) < 4.78 is 2.02. The van der Waals surface area contributed by atoms with Crippen molar-refractivity contribution < 1.29 is 0 Å². The number of rotatable bonds is 2. The Morgan fingerprint density at radius 1 is 0.640 bits per heavy atom. The molecular formula is C22H15N3. The Morgan fingerprint density at radius 3 is 2.12 bits per heavy atom. The first-order valence-corrected chi connectivity index (χ1v) is 8.29. The highest BCUT2D eigenvalue weighted by Gasteiger charge is 2.16. The first-order chi connectivity index (χ1) is 12.4. The average molecular weight is 321 g/mol. The van der Waals surface area contributed by atoms with Gasteiger partial charge in [-0.2, -0.15) is 5.10 Å². The van der Waals surface area contributed by atoms with Gasteiger partial charge in [0.25, 0.3) is 0 Å². The van der Waals surface area contributed by atoms with Crippen LogP contribution in [0, 0.1) is 0 Å². The summed E-state index contributed by atoms with van der Waals surface area (Å²) in [5, 5.41) is 7.10. The molecule has 5 aromatic rings. The lowest BCUT2D eigenvalue weighted by Crippen LogP contribution is -1.98. The van der Waals surface area contributed by atoms with Crippen LogP contribution in [0.5, 0.6) is 0 Å². The second kappa shape index (κ2) is 5.56. The second-order valence-electron chi connectivity index (χ2n) is 6.00. The van der Waals surface area contributed by atoms with Crippen molar-refractivity contribution in [1.82, 2.24) is 14.8 Å². The van der Waals surface area contributed by atoms with Gasteiger partial charge in [0, 0.05) is 22.5 Å². The Morgan fingerprint density at radius 2 is 1.32 bits per heavy atom. The molecule has 0 aliphatic rings. The van der Waals surface area contributed by atoms with E-state index < -0.39 is 0 Å². The number of hydrogen-bond acceptors (Lipinski definition) is 2. The van der Waals surface area contributed by atoms with E-state index in [4.69, 9.17) is 5.10 Å². The summed E-state index contributed by atoms with van der Waals surface area (Å²) in [7, 11) is 0. The normalized spacial score (nSPS) is 11.2. The van der Waals surface area contributed by atoms with E-state index in [1.807, 2.05) is 53.3 Å². The minimum Gasteiger partial charge on any atom is -0.255 e. The molecule has 2 aromatic heterocycles. The highest BCUT2D eigenvalue weighted by molar-refractivity contribution is 6.08. The van der Waals surface area contributed by atoms with Gasteiger partial charge in [-0.15, -0.1) is 0 Å². The number of pyridine rings is 1. The zero-order chi connectivity index (χ0) is 16.6. The molecule has 0 saturated carbocycles. The fraction of sp³-hybridized carbons (Fsp3) is 0. The second-order valence-corrected chi connectivity index (χ2v) is 6.00. The van der Waals surface area contributed by atoms with Crippen molar-refractivity contribution in [2.75, 3.05) is 0 Å². The first kappa shape index (κ1) is 13.9. The van der Waals surface area contributed by atoms with Crippen LogP contribution in [-0.4, -0.2) is 14.8 Å². The predicted octanol–water partition coefficient (Wildman–Crippen LogP) is 5.24. The molecule has 25 heavy (non-hydrogen) atoms. The summed E-state index contributed by atoms with van der Waals surface area (Å²) in [4.78, 5) is 4.65. The zero-order valence-corrected chi connectivity index (χ0v) is 13.5. The van der Waals surface area contributed by atoms with E-state index in [0.29, 0.717) is 0 Å². The Kier molecular flexibility index (Phi) is 3.10. The van der Waals surface area contributed by atoms with Gasteiger partial charge in [0.15, 0.2) is 0 Å². The number of hydrogen-bond donors (Lipinski definition) is 0. The molecular weight excluding hydrogens is 306 g/mol. The maximum Gasteiger partial charge on any atom is 0.104 e. The minimum atomic E-state index is 0.965. The molecule has 0 bridgehead atoms. The standard InChI is InChI=1S/C22H15N3/c1-3-9-16(10-4-1)22-19-15-23-20-14-8-7-13-18(20)21(19)24-25(22)17-11-5-2-6-12-17/h1-15H. The van der Waals surface area contributed by atoms with Gasteiger partial charge in [0.2, 0.25) is 0 Å². The molecule has 5 rings (SSSR count). The molecule has 3 aromatic carbocycles. The number of fused-ring (bicyclic) bond motifs is 3. The van der Waals surface area contributed by atoms with Gasteiger partial charge in [0.1, 0.15) is 5.52 Å². The van der Waals surface area contributed by atoms with E-state index >= 15 is 0 Å². The summed E-state index contributed by atoms with van der Waals surface area (Å²) in [5.41, 5.74) is 5.19. The molecule has 0 unspecified atom stereocenters. The van der Waals surface area contributed by atoms with Crippen molar-refractivity contribution in [3.63, 3.8) is 0 Å². The van der Waals surface area contributed by atoms with Crippen molar-refractivity contribution in [2.24, 2.45) is 0 Å². The van der Waals surface area contributed by atoms with E-state index in [1.165, 1.54) is 0 Å². The Labute approximate surface area is 145 Å².